The van der Waals surface area contributed by atoms with Crippen molar-refractivity contribution in [2.45, 2.75) is 19.4 Å². The van der Waals surface area contributed by atoms with Crippen LogP contribution in [0.3, 0.4) is 0 Å². The van der Waals surface area contributed by atoms with E-state index in [4.69, 9.17) is 0 Å². The van der Waals surface area contributed by atoms with Crippen molar-refractivity contribution in [2.24, 2.45) is 5.92 Å². The van der Waals surface area contributed by atoms with Gasteiger partial charge in [-0.1, -0.05) is 12.1 Å². The molecule has 144 valence electrons. The average Bonchev–Trinajstić information content (AvgIpc) is 2.70. The number of halogens is 2. The van der Waals surface area contributed by atoms with Gasteiger partial charge in [0.15, 0.2) is 0 Å². The zero-order chi connectivity index (χ0) is 19.2. The predicted molar refractivity (Wildman–Crippen MR) is 101 cm³/mol. The van der Waals surface area contributed by atoms with Crippen LogP contribution in [0.15, 0.2) is 42.5 Å². The minimum atomic E-state index is -0.694. The van der Waals surface area contributed by atoms with E-state index in [0.29, 0.717) is 5.92 Å². The third-order valence-electron chi connectivity index (χ3n) is 4.80. The van der Waals surface area contributed by atoms with Crippen molar-refractivity contribution in [3.8, 4) is 0 Å². The number of nitrogens with zero attached hydrogens (tertiary/aromatic N) is 1. The summed E-state index contributed by atoms with van der Waals surface area (Å²) in [6.45, 7) is 2.37. The highest BCUT2D eigenvalue weighted by Gasteiger charge is 2.18. The van der Waals surface area contributed by atoms with Crippen LogP contribution < -0.4 is 15.5 Å². The second-order valence-electron chi connectivity index (χ2n) is 6.71. The van der Waals surface area contributed by atoms with Gasteiger partial charge in [0, 0.05) is 38.0 Å². The number of carbonyl (C=O) groups excluding carboxylic acids is 1. The molecule has 0 radical (unpaired) electrons. The number of piperidine rings is 1. The van der Waals surface area contributed by atoms with Gasteiger partial charge in [-0.15, -0.1) is 0 Å². The highest BCUT2D eigenvalue weighted by molar-refractivity contribution is 5.89. The Morgan fingerprint density at radius 2 is 1.81 bits per heavy atom. The topological polar surface area (TPSA) is 64.6 Å². The van der Waals surface area contributed by atoms with Crippen LogP contribution >= 0.6 is 0 Å². The van der Waals surface area contributed by atoms with Crippen molar-refractivity contribution >= 4 is 17.4 Å². The first-order valence-corrected chi connectivity index (χ1v) is 9.00. The number of hydrogen-bond donors (Lipinski definition) is 3. The Labute approximate surface area is 157 Å². The van der Waals surface area contributed by atoms with Crippen molar-refractivity contribution in [1.82, 2.24) is 5.32 Å². The lowest BCUT2D eigenvalue weighted by atomic mass is 9.97. The highest BCUT2D eigenvalue weighted by Crippen LogP contribution is 2.23. The number of urea groups is 1. The Bertz CT molecular complexity index is 775. The lowest BCUT2D eigenvalue weighted by Gasteiger charge is -2.33. The van der Waals surface area contributed by atoms with E-state index in [9.17, 15) is 18.7 Å². The molecule has 0 aliphatic carbocycles. The third-order valence-corrected chi connectivity index (χ3v) is 4.80. The maximum Gasteiger partial charge on any atom is 0.319 e. The Morgan fingerprint density at radius 3 is 2.48 bits per heavy atom. The smallest absolute Gasteiger partial charge is 0.319 e. The summed E-state index contributed by atoms with van der Waals surface area (Å²) in [6, 6.07) is 10.1. The molecule has 7 heteroatoms. The van der Waals surface area contributed by atoms with Crippen LogP contribution in [-0.2, 0) is 6.54 Å². The summed E-state index contributed by atoms with van der Waals surface area (Å²) in [5, 5.41) is 14.1. The number of hydrogen-bond acceptors (Lipinski definition) is 3. The van der Waals surface area contributed by atoms with Crippen LogP contribution in [0.1, 0.15) is 18.4 Å². The molecule has 2 amide bonds. The number of aliphatic hydroxyl groups is 1. The number of anilines is 2. The monoisotopic (exact) mass is 375 g/mol. The lowest BCUT2D eigenvalue weighted by molar-refractivity contribution is 0.203. The Hall–Kier alpha value is -2.67. The first-order chi connectivity index (χ1) is 13.0. The fourth-order valence-electron chi connectivity index (χ4n) is 3.14. The van der Waals surface area contributed by atoms with Gasteiger partial charge in [-0.2, -0.15) is 0 Å². The molecule has 0 spiro atoms. The summed E-state index contributed by atoms with van der Waals surface area (Å²) in [5.41, 5.74) is 1.81. The normalized spacial score (nSPS) is 14.9. The largest absolute Gasteiger partial charge is 0.396 e. The summed E-state index contributed by atoms with van der Waals surface area (Å²) in [4.78, 5) is 14.2. The molecule has 0 atom stereocenters. The molecule has 2 aromatic rings. The molecule has 1 saturated heterocycles. The Kier molecular flexibility index (Phi) is 6.24. The summed E-state index contributed by atoms with van der Waals surface area (Å²) < 4.78 is 26.7. The predicted octanol–water partition coefficient (Wildman–Crippen LogP) is 3.50. The van der Waals surface area contributed by atoms with Gasteiger partial charge in [0.25, 0.3) is 0 Å². The number of nitrogens with one attached hydrogen (secondary N) is 2. The van der Waals surface area contributed by atoms with Gasteiger partial charge in [-0.3, -0.25) is 0 Å². The molecular formula is C20H23F2N3O2. The molecule has 5 nitrogen and oxygen atoms in total. The zero-order valence-electron chi connectivity index (χ0n) is 14.9. The summed E-state index contributed by atoms with van der Waals surface area (Å²) in [5.74, 6) is -0.919. The van der Waals surface area contributed by atoms with E-state index in [-0.39, 0.29) is 18.8 Å². The molecule has 27 heavy (non-hydrogen) atoms. The maximum atomic E-state index is 13.5. The fraction of sp³-hybridized carbons (Fsp3) is 0.350. The van der Waals surface area contributed by atoms with Crippen LogP contribution in [0.4, 0.5) is 25.0 Å². The van der Waals surface area contributed by atoms with Crippen molar-refractivity contribution in [1.29, 1.82) is 0 Å². The number of carbonyl (C=O) groups is 1. The molecule has 3 rings (SSSR count). The Balaban J connectivity index is 1.50. The summed E-state index contributed by atoms with van der Waals surface area (Å²) in [7, 11) is 0. The fourth-order valence-corrected chi connectivity index (χ4v) is 3.14. The first kappa shape index (κ1) is 19.1. The third kappa shape index (κ3) is 5.17. The zero-order valence-corrected chi connectivity index (χ0v) is 14.9. The maximum absolute atomic E-state index is 13.5. The highest BCUT2D eigenvalue weighted by atomic mass is 19.1. The van der Waals surface area contributed by atoms with Gasteiger partial charge >= 0.3 is 6.03 Å². The van der Waals surface area contributed by atoms with E-state index < -0.39 is 17.7 Å². The number of benzene rings is 2. The summed E-state index contributed by atoms with van der Waals surface area (Å²) in [6.07, 6.45) is 1.97. The SMILES string of the molecule is O=C(NCc1ccc(N2CCC(CO)CC2)cc1)Nc1cc(F)ccc1F. The molecule has 1 heterocycles. The van der Waals surface area contributed by atoms with Crippen molar-refractivity contribution in [2.75, 3.05) is 29.9 Å². The molecule has 0 bridgehead atoms. The molecule has 0 unspecified atom stereocenters. The van der Waals surface area contributed by atoms with Crippen molar-refractivity contribution in [3.63, 3.8) is 0 Å². The minimum Gasteiger partial charge on any atom is -0.396 e. The quantitative estimate of drug-likeness (QED) is 0.750. The number of amides is 2. The van der Waals surface area contributed by atoms with Crippen LogP contribution in [0.2, 0.25) is 0 Å². The van der Waals surface area contributed by atoms with Crippen LogP contribution in [0, 0.1) is 17.6 Å². The second kappa shape index (κ2) is 8.81. The van der Waals surface area contributed by atoms with Gasteiger partial charge in [0.2, 0.25) is 0 Å². The van der Waals surface area contributed by atoms with Gasteiger partial charge in [0.1, 0.15) is 11.6 Å². The molecule has 2 aromatic carbocycles. The second-order valence-corrected chi connectivity index (χ2v) is 6.71. The molecule has 1 fully saturated rings. The first-order valence-electron chi connectivity index (χ1n) is 9.00. The van der Waals surface area contributed by atoms with E-state index >= 15 is 0 Å². The number of rotatable bonds is 5. The molecule has 3 N–H and O–H groups in total. The number of aliphatic hydroxyl groups excluding tert-OH is 1. The van der Waals surface area contributed by atoms with Gasteiger partial charge in [0.05, 0.1) is 5.69 Å². The van der Waals surface area contributed by atoms with E-state index in [2.05, 4.69) is 15.5 Å². The van der Waals surface area contributed by atoms with Gasteiger partial charge in [-0.25, -0.2) is 13.6 Å². The summed E-state index contributed by atoms with van der Waals surface area (Å²) >= 11 is 0. The van der Waals surface area contributed by atoms with Crippen LogP contribution in [0.25, 0.3) is 0 Å². The Morgan fingerprint density at radius 1 is 1.11 bits per heavy atom. The van der Waals surface area contributed by atoms with Crippen molar-refractivity contribution in [3.05, 3.63) is 59.7 Å². The van der Waals surface area contributed by atoms with Gasteiger partial charge < -0.3 is 20.6 Å². The molecule has 1 aliphatic heterocycles. The average molecular weight is 375 g/mol. The van der Waals surface area contributed by atoms with E-state index in [1.165, 1.54) is 0 Å². The van der Waals surface area contributed by atoms with E-state index in [1.54, 1.807) is 0 Å². The molecule has 1 aliphatic rings. The molecule has 0 saturated carbocycles. The molecular weight excluding hydrogens is 352 g/mol. The standard InChI is InChI=1S/C20H23F2N3O2/c21-16-3-6-18(22)19(11-16)24-20(27)23-12-14-1-4-17(5-2-14)25-9-7-15(13-26)8-10-25/h1-6,11,15,26H,7-10,12-13H2,(H2,23,24,27). The van der Waals surface area contributed by atoms with Crippen LogP contribution in [0.5, 0.6) is 0 Å². The van der Waals surface area contributed by atoms with E-state index in [1.807, 2.05) is 24.3 Å². The van der Waals surface area contributed by atoms with Gasteiger partial charge in [-0.05, 0) is 48.6 Å². The minimum absolute atomic E-state index is 0.200. The molecule has 0 aromatic heterocycles. The van der Waals surface area contributed by atoms with Crippen LogP contribution in [-0.4, -0.2) is 30.8 Å². The van der Waals surface area contributed by atoms with Crippen molar-refractivity contribution < 1.29 is 18.7 Å². The van der Waals surface area contributed by atoms with E-state index in [0.717, 1.165) is 55.4 Å². The lowest BCUT2D eigenvalue weighted by Crippen LogP contribution is -2.34.